The standard InChI is InChI=1S/C13H8F4N2O2/c14-9-2-4-10(5-3-9)18-11-6-1-8(13(15,16)17)7-12(11)19(20)21/h1-7,18H. The molecule has 110 valence electrons. The van der Waals surface area contributed by atoms with Crippen LogP contribution in [0.25, 0.3) is 0 Å². The van der Waals surface area contributed by atoms with Gasteiger partial charge in [0.1, 0.15) is 11.5 Å². The molecule has 0 amide bonds. The molecule has 0 aliphatic heterocycles. The first-order valence-electron chi connectivity index (χ1n) is 5.65. The van der Waals surface area contributed by atoms with Gasteiger partial charge in [-0.05, 0) is 36.4 Å². The first-order chi connectivity index (χ1) is 9.77. The number of hydrogen-bond acceptors (Lipinski definition) is 3. The van der Waals surface area contributed by atoms with Gasteiger partial charge in [0, 0.05) is 11.8 Å². The Bertz CT molecular complexity index is 669. The van der Waals surface area contributed by atoms with E-state index in [-0.39, 0.29) is 5.69 Å². The Morgan fingerprint density at radius 3 is 2.19 bits per heavy atom. The van der Waals surface area contributed by atoms with Crippen molar-refractivity contribution in [2.24, 2.45) is 0 Å². The Labute approximate surface area is 116 Å². The summed E-state index contributed by atoms with van der Waals surface area (Å²) in [5.41, 5.74) is -1.62. The molecule has 0 aromatic heterocycles. The van der Waals surface area contributed by atoms with E-state index in [0.717, 1.165) is 24.3 Å². The summed E-state index contributed by atoms with van der Waals surface area (Å²) in [6.07, 6.45) is -4.67. The molecule has 0 aliphatic carbocycles. The molecule has 0 saturated heterocycles. The molecule has 2 rings (SSSR count). The van der Waals surface area contributed by atoms with E-state index in [1.54, 1.807) is 0 Å². The number of halogens is 4. The van der Waals surface area contributed by atoms with E-state index in [2.05, 4.69) is 5.32 Å². The van der Waals surface area contributed by atoms with Crippen LogP contribution in [-0.4, -0.2) is 4.92 Å². The van der Waals surface area contributed by atoms with Crippen LogP contribution in [0.15, 0.2) is 42.5 Å². The highest BCUT2D eigenvalue weighted by Gasteiger charge is 2.33. The Kier molecular flexibility index (Phi) is 3.79. The molecule has 0 heterocycles. The minimum absolute atomic E-state index is 0.111. The summed E-state index contributed by atoms with van der Waals surface area (Å²) in [6.45, 7) is 0. The van der Waals surface area contributed by atoms with E-state index in [1.807, 2.05) is 0 Å². The summed E-state index contributed by atoms with van der Waals surface area (Å²) in [6, 6.07) is 7.03. The monoisotopic (exact) mass is 300 g/mol. The smallest absolute Gasteiger partial charge is 0.350 e. The molecule has 0 fully saturated rings. The molecule has 2 aromatic rings. The highest BCUT2D eigenvalue weighted by molar-refractivity contribution is 5.70. The molecule has 0 atom stereocenters. The molecular weight excluding hydrogens is 292 g/mol. The van der Waals surface area contributed by atoms with Crippen molar-refractivity contribution in [2.75, 3.05) is 5.32 Å². The van der Waals surface area contributed by atoms with Gasteiger partial charge in [-0.3, -0.25) is 10.1 Å². The van der Waals surface area contributed by atoms with E-state index in [4.69, 9.17) is 0 Å². The number of hydrogen-bond donors (Lipinski definition) is 1. The second-order valence-corrected chi connectivity index (χ2v) is 4.12. The Balaban J connectivity index is 2.39. The lowest BCUT2D eigenvalue weighted by molar-refractivity contribution is -0.384. The molecule has 1 N–H and O–H groups in total. The van der Waals surface area contributed by atoms with Crippen LogP contribution in [0.5, 0.6) is 0 Å². The van der Waals surface area contributed by atoms with E-state index in [9.17, 15) is 27.7 Å². The molecule has 21 heavy (non-hydrogen) atoms. The van der Waals surface area contributed by atoms with Gasteiger partial charge in [0.05, 0.1) is 10.5 Å². The average molecular weight is 300 g/mol. The van der Waals surface area contributed by atoms with Crippen LogP contribution in [0.2, 0.25) is 0 Å². The number of nitrogens with one attached hydrogen (secondary N) is 1. The molecule has 4 nitrogen and oxygen atoms in total. The molecule has 0 spiro atoms. The van der Waals surface area contributed by atoms with Crippen molar-refractivity contribution in [3.05, 3.63) is 64.0 Å². The van der Waals surface area contributed by atoms with E-state index >= 15 is 0 Å². The zero-order valence-corrected chi connectivity index (χ0v) is 10.3. The van der Waals surface area contributed by atoms with Crippen LogP contribution in [-0.2, 0) is 6.18 Å². The van der Waals surface area contributed by atoms with E-state index in [0.29, 0.717) is 11.8 Å². The van der Waals surface area contributed by atoms with Crippen LogP contribution < -0.4 is 5.32 Å². The highest BCUT2D eigenvalue weighted by Crippen LogP contribution is 2.35. The number of alkyl halides is 3. The van der Waals surface area contributed by atoms with Crippen molar-refractivity contribution in [2.45, 2.75) is 6.18 Å². The predicted molar refractivity (Wildman–Crippen MR) is 67.8 cm³/mol. The number of rotatable bonds is 3. The SMILES string of the molecule is O=[N+]([O-])c1cc(C(F)(F)F)ccc1Nc1ccc(F)cc1. The van der Waals surface area contributed by atoms with Crippen LogP contribution in [0.1, 0.15) is 5.56 Å². The van der Waals surface area contributed by atoms with Crippen LogP contribution >= 0.6 is 0 Å². The van der Waals surface area contributed by atoms with Crippen molar-refractivity contribution in [3.8, 4) is 0 Å². The highest BCUT2D eigenvalue weighted by atomic mass is 19.4. The van der Waals surface area contributed by atoms with Gasteiger partial charge in [-0.1, -0.05) is 0 Å². The van der Waals surface area contributed by atoms with Gasteiger partial charge in [-0.2, -0.15) is 13.2 Å². The van der Waals surface area contributed by atoms with Crippen molar-refractivity contribution >= 4 is 17.1 Å². The third kappa shape index (κ3) is 3.47. The van der Waals surface area contributed by atoms with Gasteiger partial charge in [0.15, 0.2) is 0 Å². The van der Waals surface area contributed by atoms with Crippen LogP contribution in [0, 0.1) is 15.9 Å². The lowest BCUT2D eigenvalue weighted by Crippen LogP contribution is -2.06. The first kappa shape index (κ1) is 14.8. The number of benzene rings is 2. The zero-order valence-electron chi connectivity index (χ0n) is 10.3. The maximum absolute atomic E-state index is 12.8. The number of nitro benzene ring substituents is 1. The molecule has 0 bridgehead atoms. The van der Waals surface area contributed by atoms with E-state index in [1.165, 1.54) is 12.1 Å². The molecule has 8 heteroatoms. The Morgan fingerprint density at radius 2 is 1.67 bits per heavy atom. The minimum Gasteiger partial charge on any atom is -0.350 e. The summed E-state index contributed by atoms with van der Waals surface area (Å²) in [7, 11) is 0. The normalized spacial score (nSPS) is 11.2. The van der Waals surface area contributed by atoms with Crippen LogP contribution in [0.3, 0.4) is 0 Å². The summed E-state index contributed by atoms with van der Waals surface area (Å²) < 4.78 is 50.4. The first-order valence-corrected chi connectivity index (χ1v) is 5.65. The second-order valence-electron chi connectivity index (χ2n) is 4.12. The lowest BCUT2D eigenvalue weighted by Gasteiger charge is -2.10. The van der Waals surface area contributed by atoms with Gasteiger partial charge >= 0.3 is 6.18 Å². The Morgan fingerprint density at radius 1 is 1.05 bits per heavy atom. The maximum Gasteiger partial charge on any atom is 0.416 e. The fourth-order valence-electron chi connectivity index (χ4n) is 1.65. The van der Waals surface area contributed by atoms with Gasteiger partial charge < -0.3 is 5.32 Å². The second kappa shape index (κ2) is 5.39. The summed E-state index contributed by atoms with van der Waals surface area (Å²) in [5, 5.41) is 13.5. The van der Waals surface area contributed by atoms with Crippen molar-refractivity contribution < 1.29 is 22.5 Å². The predicted octanol–water partition coefficient (Wildman–Crippen LogP) is 4.50. The molecule has 0 radical (unpaired) electrons. The molecular formula is C13H8F4N2O2. The third-order valence-electron chi connectivity index (χ3n) is 2.64. The summed E-state index contributed by atoms with van der Waals surface area (Å²) in [5.74, 6) is -0.498. The fourth-order valence-corrected chi connectivity index (χ4v) is 1.65. The summed E-state index contributed by atoms with van der Waals surface area (Å²) >= 11 is 0. The topological polar surface area (TPSA) is 55.2 Å². The molecule has 0 saturated carbocycles. The van der Waals surface area contributed by atoms with Gasteiger partial charge in [0.25, 0.3) is 5.69 Å². The van der Waals surface area contributed by atoms with Gasteiger partial charge in [0.2, 0.25) is 0 Å². The number of anilines is 2. The zero-order chi connectivity index (χ0) is 15.6. The summed E-state index contributed by atoms with van der Waals surface area (Å²) in [4.78, 5) is 9.97. The number of nitro groups is 1. The van der Waals surface area contributed by atoms with Gasteiger partial charge in [-0.25, -0.2) is 4.39 Å². The average Bonchev–Trinajstić information content (AvgIpc) is 2.40. The van der Waals surface area contributed by atoms with Crippen molar-refractivity contribution in [3.63, 3.8) is 0 Å². The minimum atomic E-state index is -4.67. The van der Waals surface area contributed by atoms with Crippen LogP contribution in [0.4, 0.5) is 34.6 Å². The maximum atomic E-state index is 12.8. The molecule has 2 aromatic carbocycles. The largest absolute Gasteiger partial charge is 0.416 e. The molecule has 0 aliphatic rings. The van der Waals surface area contributed by atoms with Gasteiger partial charge in [-0.15, -0.1) is 0 Å². The third-order valence-corrected chi connectivity index (χ3v) is 2.64. The quantitative estimate of drug-likeness (QED) is 0.516. The van der Waals surface area contributed by atoms with Crippen molar-refractivity contribution in [1.29, 1.82) is 0 Å². The van der Waals surface area contributed by atoms with E-state index < -0.39 is 28.2 Å². The molecule has 0 unspecified atom stereocenters. The number of nitrogens with zero attached hydrogens (tertiary/aromatic N) is 1. The fraction of sp³-hybridized carbons (Fsp3) is 0.0769. The lowest BCUT2D eigenvalue weighted by atomic mass is 10.1. The van der Waals surface area contributed by atoms with Crippen molar-refractivity contribution in [1.82, 2.24) is 0 Å². The Hall–Kier alpha value is -2.64.